The molecule has 1 aromatic heterocycles. The van der Waals surface area contributed by atoms with Crippen LogP contribution in [0.15, 0.2) is 12.1 Å². The highest BCUT2D eigenvalue weighted by molar-refractivity contribution is 5.82. The van der Waals surface area contributed by atoms with Gasteiger partial charge in [0.15, 0.2) is 5.78 Å². The maximum atomic E-state index is 11.0. The van der Waals surface area contributed by atoms with Crippen LogP contribution in [-0.2, 0) is 4.79 Å². The van der Waals surface area contributed by atoms with E-state index in [4.69, 9.17) is 11.5 Å². The molecule has 1 atom stereocenters. The molecule has 1 rings (SSSR count). The third-order valence-electron chi connectivity index (χ3n) is 1.92. The molecule has 0 aliphatic carbocycles. The Bertz CT molecular complexity index is 336. The molecule has 0 saturated heterocycles. The minimum atomic E-state index is -0.590. The van der Waals surface area contributed by atoms with E-state index in [9.17, 15) is 4.79 Å². The first-order valence-corrected chi connectivity index (χ1v) is 4.01. The van der Waals surface area contributed by atoms with Crippen LogP contribution in [-0.4, -0.2) is 10.8 Å². The van der Waals surface area contributed by atoms with Gasteiger partial charge in [0.2, 0.25) is 0 Å². The Morgan fingerprint density at radius 3 is 2.62 bits per heavy atom. The molecule has 70 valence electrons. The van der Waals surface area contributed by atoms with E-state index in [1.165, 1.54) is 6.92 Å². The van der Waals surface area contributed by atoms with Crippen molar-refractivity contribution in [3.05, 3.63) is 23.4 Å². The van der Waals surface area contributed by atoms with Gasteiger partial charge in [-0.05, 0) is 25.5 Å². The third kappa shape index (κ3) is 2.03. The summed E-state index contributed by atoms with van der Waals surface area (Å²) in [7, 11) is 0. The number of pyridine rings is 1. The fraction of sp³-hybridized carbons (Fsp3) is 0.333. The van der Waals surface area contributed by atoms with Gasteiger partial charge >= 0.3 is 0 Å². The number of Topliss-reactive ketones (excluding diaryl/α,β-unsaturated/α-hetero) is 1. The third-order valence-corrected chi connectivity index (χ3v) is 1.92. The zero-order valence-corrected chi connectivity index (χ0v) is 7.74. The molecule has 0 fully saturated rings. The number of carbonyl (C=O) groups is 1. The number of aryl methyl sites for hydroxylation is 1. The van der Waals surface area contributed by atoms with Gasteiger partial charge in [0.25, 0.3) is 0 Å². The summed E-state index contributed by atoms with van der Waals surface area (Å²) >= 11 is 0. The molecule has 4 nitrogen and oxygen atoms in total. The van der Waals surface area contributed by atoms with E-state index in [0.29, 0.717) is 11.5 Å². The fourth-order valence-electron chi connectivity index (χ4n) is 1.14. The summed E-state index contributed by atoms with van der Waals surface area (Å²) in [5.41, 5.74) is 12.6. The van der Waals surface area contributed by atoms with Crippen LogP contribution in [0.2, 0.25) is 0 Å². The van der Waals surface area contributed by atoms with Gasteiger partial charge in [0.1, 0.15) is 5.82 Å². The van der Waals surface area contributed by atoms with Gasteiger partial charge in [-0.3, -0.25) is 4.79 Å². The van der Waals surface area contributed by atoms with E-state index >= 15 is 0 Å². The SMILES string of the molecule is CC(=O)C(N)c1ccc(N)nc1C. The van der Waals surface area contributed by atoms with Crippen molar-refractivity contribution in [2.24, 2.45) is 5.73 Å². The normalized spacial score (nSPS) is 12.5. The zero-order valence-electron chi connectivity index (χ0n) is 7.74. The predicted molar refractivity (Wildman–Crippen MR) is 51.0 cm³/mol. The number of ketones is 1. The van der Waals surface area contributed by atoms with Gasteiger partial charge in [-0.15, -0.1) is 0 Å². The lowest BCUT2D eigenvalue weighted by Gasteiger charge is -2.10. The van der Waals surface area contributed by atoms with Crippen molar-refractivity contribution in [2.75, 3.05) is 5.73 Å². The lowest BCUT2D eigenvalue weighted by molar-refractivity contribution is -0.118. The molecule has 0 bridgehead atoms. The highest BCUT2D eigenvalue weighted by Crippen LogP contribution is 2.15. The molecule has 1 heterocycles. The summed E-state index contributed by atoms with van der Waals surface area (Å²) in [6, 6.07) is 2.79. The van der Waals surface area contributed by atoms with E-state index in [0.717, 1.165) is 5.56 Å². The molecule has 1 unspecified atom stereocenters. The number of hydrogen-bond donors (Lipinski definition) is 2. The molecule has 0 aliphatic rings. The van der Waals surface area contributed by atoms with Gasteiger partial charge in [-0.2, -0.15) is 0 Å². The molecule has 4 N–H and O–H groups in total. The van der Waals surface area contributed by atoms with Crippen LogP contribution < -0.4 is 11.5 Å². The Morgan fingerprint density at radius 2 is 2.15 bits per heavy atom. The van der Waals surface area contributed by atoms with Gasteiger partial charge in [0, 0.05) is 5.69 Å². The average molecular weight is 179 g/mol. The first kappa shape index (κ1) is 9.67. The molecular weight excluding hydrogens is 166 g/mol. The smallest absolute Gasteiger partial charge is 0.151 e. The van der Waals surface area contributed by atoms with Crippen LogP contribution in [0, 0.1) is 6.92 Å². The van der Waals surface area contributed by atoms with E-state index < -0.39 is 6.04 Å². The van der Waals surface area contributed by atoms with Crippen LogP contribution >= 0.6 is 0 Å². The van der Waals surface area contributed by atoms with Crippen molar-refractivity contribution in [2.45, 2.75) is 19.9 Å². The number of nitrogen functional groups attached to an aromatic ring is 1. The summed E-state index contributed by atoms with van der Waals surface area (Å²) in [6.07, 6.45) is 0. The van der Waals surface area contributed by atoms with Gasteiger partial charge < -0.3 is 11.5 Å². The lowest BCUT2D eigenvalue weighted by Crippen LogP contribution is -2.20. The maximum Gasteiger partial charge on any atom is 0.151 e. The number of nitrogens with zero attached hydrogens (tertiary/aromatic N) is 1. The standard InChI is InChI=1S/C9H13N3O/c1-5-7(9(11)6(2)13)3-4-8(10)12-5/h3-4,9H,11H2,1-2H3,(H2,10,12). The minimum Gasteiger partial charge on any atom is -0.384 e. The van der Waals surface area contributed by atoms with Crippen LogP contribution in [0.1, 0.15) is 24.2 Å². The molecule has 0 aromatic carbocycles. The molecule has 0 radical (unpaired) electrons. The van der Waals surface area contributed by atoms with E-state index in [-0.39, 0.29) is 5.78 Å². The van der Waals surface area contributed by atoms with Crippen molar-refractivity contribution in [1.29, 1.82) is 0 Å². The van der Waals surface area contributed by atoms with Gasteiger partial charge in [-0.25, -0.2) is 4.98 Å². The predicted octanol–water partition coefficient (Wildman–Crippen LogP) is 0.561. The largest absolute Gasteiger partial charge is 0.384 e. The van der Waals surface area contributed by atoms with Crippen molar-refractivity contribution < 1.29 is 4.79 Å². The second kappa shape index (κ2) is 3.53. The first-order chi connectivity index (χ1) is 6.02. The highest BCUT2D eigenvalue weighted by atomic mass is 16.1. The number of hydrogen-bond acceptors (Lipinski definition) is 4. The van der Waals surface area contributed by atoms with E-state index in [2.05, 4.69) is 4.98 Å². The lowest BCUT2D eigenvalue weighted by atomic mass is 10.0. The Hall–Kier alpha value is -1.42. The number of rotatable bonds is 2. The number of nitrogens with two attached hydrogens (primary N) is 2. The summed E-state index contributed by atoms with van der Waals surface area (Å²) in [4.78, 5) is 15.0. The monoisotopic (exact) mass is 179 g/mol. The van der Waals surface area contributed by atoms with Crippen LogP contribution in [0.3, 0.4) is 0 Å². The molecule has 1 aromatic rings. The molecule has 0 saturated carbocycles. The minimum absolute atomic E-state index is 0.0744. The average Bonchev–Trinajstić information content (AvgIpc) is 2.03. The Labute approximate surface area is 77.0 Å². The molecular formula is C9H13N3O. The number of aromatic nitrogens is 1. The van der Waals surface area contributed by atoms with Gasteiger partial charge in [0.05, 0.1) is 6.04 Å². The number of anilines is 1. The maximum absolute atomic E-state index is 11.0. The number of carbonyl (C=O) groups excluding carboxylic acids is 1. The summed E-state index contributed by atoms with van der Waals surface area (Å²) in [6.45, 7) is 3.24. The molecule has 4 heteroatoms. The molecule has 0 amide bonds. The highest BCUT2D eigenvalue weighted by Gasteiger charge is 2.13. The zero-order chi connectivity index (χ0) is 10.0. The van der Waals surface area contributed by atoms with Gasteiger partial charge in [-0.1, -0.05) is 6.07 Å². The van der Waals surface area contributed by atoms with Crippen molar-refractivity contribution in [3.8, 4) is 0 Å². The van der Waals surface area contributed by atoms with Crippen LogP contribution in [0.5, 0.6) is 0 Å². The fourth-order valence-corrected chi connectivity index (χ4v) is 1.14. The Morgan fingerprint density at radius 1 is 1.54 bits per heavy atom. The molecule has 0 aliphatic heterocycles. The molecule has 13 heavy (non-hydrogen) atoms. The second-order valence-corrected chi connectivity index (χ2v) is 3.00. The second-order valence-electron chi connectivity index (χ2n) is 3.00. The topological polar surface area (TPSA) is 82.0 Å². The quantitative estimate of drug-likeness (QED) is 0.695. The Balaban J connectivity index is 3.08. The van der Waals surface area contributed by atoms with Crippen molar-refractivity contribution in [1.82, 2.24) is 4.98 Å². The summed E-state index contributed by atoms with van der Waals surface area (Å²) in [5.74, 6) is 0.367. The first-order valence-electron chi connectivity index (χ1n) is 4.01. The summed E-state index contributed by atoms with van der Waals surface area (Å²) < 4.78 is 0. The van der Waals surface area contributed by atoms with Crippen LogP contribution in [0.25, 0.3) is 0 Å². The van der Waals surface area contributed by atoms with Crippen molar-refractivity contribution in [3.63, 3.8) is 0 Å². The van der Waals surface area contributed by atoms with E-state index in [1.807, 2.05) is 0 Å². The summed E-state index contributed by atoms with van der Waals surface area (Å²) in [5, 5.41) is 0. The molecule has 0 spiro atoms. The van der Waals surface area contributed by atoms with Crippen molar-refractivity contribution >= 4 is 11.6 Å². The van der Waals surface area contributed by atoms with Crippen LogP contribution in [0.4, 0.5) is 5.82 Å². The van der Waals surface area contributed by atoms with E-state index in [1.54, 1.807) is 19.1 Å². The Kier molecular flexibility index (Phi) is 2.63.